The number of methoxy groups -OCH3 is 1. The Morgan fingerprint density at radius 3 is 2.74 bits per heavy atom. The number of nitrogens with one attached hydrogen (secondary N) is 2. The van der Waals surface area contributed by atoms with Crippen LogP contribution in [0.5, 0.6) is 17.2 Å². The van der Waals surface area contributed by atoms with E-state index < -0.39 is 6.04 Å². The van der Waals surface area contributed by atoms with Gasteiger partial charge in [0.25, 0.3) is 0 Å². The second kappa shape index (κ2) is 7.98. The molecule has 7 nitrogen and oxygen atoms in total. The lowest BCUT2D eigenvalue weighted by molar-refractivity contribution is 0.174. The highest BCUT2D eigenvalue weighted by Crippen LogP contribution is 2.40. The van der Waals surface area contributed by atoms with Crippen molar-refractivity contribution in [1.82, 2.24) is 9.88 Å². The van der Waals surface area contributed by atoms with Crippen LogP contribution >= 0.6 is 0 Å². The highest BCUT2D eigenvalue weighted by Gasteiger charge is 2.35. The lowest BCUT2D eigenvalue weighted by Gasteiger charge is -2.36. The Morgan fingerprint density at radius 2 is 1.91 bits per heavy atom. The predicted octanol–water partition coefficient (Wildman–Crippen LogP) is 5.22. The van der Waals surface area contributed by atoms with Crippen LogP contribution < -0.4 is 19.5 Å². The van der Waals surface area contributed by atoms with E-state index in [4.69, 9.17) is 14.2 Å². The number of H-pyrrole nitrogens is 1. The molecule has 2 amide bonds. The number of hydrogen-bond acceptors (Lipinski definition) is 4. The van der Waals surface area contributed by atoms with E-state index in [1.54, 1.807) is 42.3 Å². The molecule has 0 radical (unpaired) electrons. The summed E-state index contributed by atoms with van der Waals surface area (Å²) < 4.78 is 29.9. The lowest BCUT2D eigenvalue weighted by Crippen LogP contribution is -2.43. The number of nitrogens with zero attached hydrogens (tertiary/aromatic N) is 1. The number of rotatable bonds is 3. The zero-order valence-corrected chi connectivity index (χ0v) is 18.4. The highest BCUT2D eigenvalue weighted by molar-refractivity contribution is 5.92. The summed E-state index contributed by atoms with van der Waals surface area (Å²) in [5.41, 5.74) is 4.45. The first-order valence-electron chi connectivity index (χ1n) is 11.0. The molecule has 0 unspecified atom stereocenters. The fourth-order valence-electron chi connectivity index (χ4n) is 4.77. The molecule has 1 atom stereocenters. The van der Waals surface area contributed by atoms with Crippen LogP contribution in [-0.4, -0.2) is 36.4 Å². The van der Waals surface area contributed by atoms with Gasteiger partial charge < -0.3 is 29.4 Å². The maximum absolute atomic E-state index is 13.7. The van der Waals surface area contributed by atoms with Crippen LogP contribution in [0, 0.1) is 5.82 Å². The van der Waals surface area contributed by atoms with Crippen LogP contribution in [0.4, 0.5) is 14.9 Å². The average molecular weight is 459 g/mol. The summed E-state index contributed by atoms with van der Waals surface area (Å²) in [6, 6.07) is 16.8. The Balaban J connectivity index is 1.39. The molecule has 0 bridgehead atoms. The Kier molecular flexibility index (Phi) is 4.79. The van der Waals surface area contributed by atoms with Gasteiger partial charge in [-0.3, -0.25) is 0 Å². The second-order valence-corrected chi connectivity index (χ2v) is 8.32. The van der Waals surface area contributed by atoms with E-state index in [9.17, 15) is 9.18 Å². The third-order valence-electron chi connectivity index (χ3n) is 6.40. The van der Waals surface area contributed by atoms with Gasteiger partial charge in [0.15, 0.2) is 11.5 Å². The van der Waals surface area contributed by atoms with Crippen molar-refractivity contribution in [2.75, 3.05) is 25.8 Å². The molecule has 8 heteroatoms. The van der Waals surface area contributed by atoms with Crippen molar-refractivity contribution in [3.8, 4) is 17.2 Å². The quantitative estimate of drug-likeness (QED) is 0.440. The number of hydrogen-bond donors (Lipinski definition) is 2. The number of carbonyl (C=O) groups is 1. The topological polar surface area (TPSA) is 75.8 Å². The number of aromatic amines is 1. The first-order chi connectivity index (χ1) is 16.6. The average Bonchev–Trinajstić information content (AvgIpc) is 3.47. The summed E-state index contributed by atoms with van der Waals surface area (Å²) >= 11 is 0. The van der Waals surface area contributed by atoms with E-state index in [-0.39, 0.29) is 18.6 Å². The predicted molar refractivity (Wildman–Crippen MR) is 125 cm³/mol. The molecule has 2 N–H and O–H groups in total. The summed E-state index contributed by atoms with van der Waals surface area (Å²) in [5, 5.41) is 4.05. The van der Waals surface area contributed by atoms with Crippen LogP contribution in [0.15, 0.2) is 60.7 Å². The molecule has 172 valence electrons. The second-order valence-electron chi connectivity index (χ2n) is 8.32. The van der Waals surface area contributed by atoms with Crippen molar-refractivity contribution in [1.29, 1.82) is 0 Å². The smallest absolute Gasteiger partial charge is 0.322 e. The first kappa shape index (κ1) is 20.4. The third-order valence-corrected chi connectivity index (χ3v) is 6.40. The Bertz CT molecular complexity index is 1400. The van der Waals surface area contributed by atoms with Gasteiger partial charge in [-0.05, 0) is 60.0 Å². The summed E-state index contributed by atoms with van der Waals surface area (Å²) in [6.07, 6.45) is 0.675. The van der Waals surface area contributed by atoms with Crippen LogP contribution in [0.25, 0.3) is 10.9 Å². The first-order valence-corrected chi connectivity index (χ1v) is 11.0. The van der Waals surface area contributed by atoms with E-state index in [1.165, 1.54) is 12.1 Å². The highest BCUT2D eigenvalue weighted by atomic mass is 19.1. The van der Waals surface area contributed by atoms with Crippen LogP contribution in [0.3, 0.4) is 0 Å². The largest absolute Gasteiger partial charge is 0.497 e. The number of anilines is 1. The fourth-order valence-corrected chi connectivity index (χ4v) is 4.77. The molecule has 0 aliphatic carbocycles. The molecule has 3 aromatic carbocycles. The van der Waals surface area contributed by atoms with Crippen molar-refractivity contribution in [2.24, 2.45) is 0 Å². The number of benzene rings is 3. The summed E-state index contributed by atoms with van der Waals surface area (Å²) in [7, 11) is 1.64. The Morgan fingerprint density at radius 1 is 1.09 bits per heavy atom. The van der Waals surface area contributed by atoms with E-state index >= 15 is 0 Å². The van der Waals surface area contributed by atoms with Gasteiger partial charge in [-0.15, -0.1) is 0 Å². The number of urea groups is 1. The van der Waals surface area contributed by atoms with E-state index in [0.29, 0.717) is 30.2 Å². The number of aromatic nitrogens is 1. The molecule has 3 heterocycles. The van der Waals surface area contributed by atoms with Crippen molar-refractivity contribution < 1.29 is 23.4 Å². The minimum atomic E-state index is -0.406. The molecule has 2 aliphatic heterocycles. The molecule has 0 spiro atoms. The zero-order chi connectivity index (χ0) is 23.2. The molecule has 0 saturated carbocycles. The van der Waals surface area contributed by atoms with Gasteiger partial charge in [-0.1, -0.05) is 12.1 Å². The lowest BCUT2D eigenvalue weighted by atomic mass is 9.92. The van der Waals surface area contributed by atoms with Crippen LogP contribution in [0.1, 0.15) is 22.9 Å². The molecule has 2 aliphatic rings. The van der Waals surface area contributed by atoms with Crippen molar-refractivity contribution in [3.05, 3.63) is 83.3 Å². The normalized spacial score (nSPS) is 16.4. The molecule has 1 aromatic heterocycles. The van der Waals surface area contributed by atoms with Crippen LogP contribution in [-0.2, 0) is 6.42 Å². The summed E-state index contributed by atoms with van der Waals surface area (Å²) in [5.74, 6) is 1.70. The van der Waals surface area contributed by atoms with E-state index in [2.05, 4.69) is 10.3 Å². The van der Waals surface area contributed by atoms with Gasteiger partial charge in [0, 0.05) is 34.9 Å². The van der Waals surface area contributed by atoms with Gasteiger partial charge in [0.1, 0.15) is 11.6 Å². The number of fused-ring (bicyclic) bond motifs is 4. The van der Waals surface area contributed by atoms with Gasteiger partial charge in [-0.25, -0.2) is 9.18 Å². The SMILES string of the molecule is COc1ccc2[nH]c3c(c2c1)CCN(C(=O)Nc1ccc2c(c1)OCO2)[C@@H]3c1ccc(F)cc1. The Hall–Kier alpha value is -4.20. The van der Waals surface area contributed by atoms with Crippen molar-refractivity contribution in [3.63, 3.8) is 0 Å². The number of amides is 2. The molecule has 0 fully saturated rings. The monoisotopic (exact) mass is 459 g/mol. The molecule has 4 aromatic rings. The fraction of sp³-hybridized carbons (Fsp3) is 0.192. The van der Waals surface area contributed by atoms with E-state index in [0.717, 1.165) is 33.5 Å². The summed E-state index contributed by atoms with van der Waals surface area (Å²) in [4.78, 5) is 18.8. The molecule has 6 rings (SSSR count). The molecule has 0 saturated heterocycles. The number of halogens is 1. The van der Waals surface area contributed by atoms with Gasteiger partial charge in [0.05, 0.1) is 13.2 Å². The molecular formula is C26H22FN3O4. The minimum absolute atomic E-state index is 0.166. The minimum Gasteiger partial charge on any atom is -0.497 e. The van der Waals surface area contributed by atoms with Gasteiger partial charge in [0.2, 0.25) is 6.79 Å². The summed E-state index contributed by atoms with van der Waals surface area (Å²) in [6.45, 7) is 0.662. The van der Waals surface area contributed by atoms with Crippen molar-refractivity contribution >= 4 is 22.6 Å². The standard InChI is InChI=1S/C26H22FN3O4/c1-32-18-7-8-21-20(13-18)19-10-11-30(25(24(19)29-21)15-2-4-16(27)5-3-15)26(31)28-17-6-9-22-23(12-17)34-14-33-22/h2-9,12-13,25,29H,10-11,14H2,1H3,(H,28,31)/t25-/m1/s1. The number of ether oxygens (including phenoxy) is 3. The maximum atomic E-state index is 13.7. The number of carbonyl (C=O) groups excluding carboxylic acids is 1. The maximum Gasteiger partial charge on any atom is 0.322 e. The zero-order valence-electron chi connectivity index (χ0n) is 18.4. The Labute approximate surface area is 195 Å². The third kappa shape index (κ3) is 3.39. The molecular weight excluding hydrogens is 437 g/mol. The van der Waals surface area contributed by atoms with Crippen molar-refractivity contribution in [2.45, 2.75) is 12.5 Å². The van der Waals surface area contributed by atoms with E-state index in [1.807, 2.05) is 18.2 Å². The van der Waals surface area contributed by atoms with Gasteiger partial charge in [-0.2, -0.15) is 0 Å². The van der Waals surface area contributed by atoms with Crippen LogP contribution in [0.2, 0.25) is 0 Å². The molecule has 34 heavy (non-hydrogen) atoms. The van der Waals surface area contributed by atoms with Gasteiger partial charge >= 0.3 is 6.03 Å².